The molecule has 0 spiro atoms. The van der Waals surface area contributed by atoms with E-state index < -0.39 is 17.9 Å². The number of ether oxygens (including phenoxy) is 3. The van der Waals surface area contributed by atoms with E-state index >= 15 is 0 Å². The second-order valence-corrected chi connectivity index (χ2v) is 9.67. The lowest BCUT2D eigenvalue weighted by Crippen LogP contribution is -2.60. The van der Waals surface area contributed by atoms with E-state index in [0.717, 1.165) is 17.7 Å². The Morgan fingerprint density at radius 1 is 0.902 bits per heavy atom. The van der Waals surface area contributed by atoms with Crippen molar-refractivity contribution in [3.05, 3.63) is 96.1 Å². The maximum atomic E-state index is 13.1. The number of carbonyl (C=O) groups excluding carboxylic acids is 3. The Morgan fingerprint density at radius 3 is 2.37 bits per heavy atom. The van der Waals surface area contributed by atoms with Crippen molar-refractivity contribution in [2.24, 2.45) is 0 Å². The molecule has 4 rings (SSSR count). The molecule has 0 aliphatic carbocycles. The van der Waals surface area contributed by atoms with Gasteiger partial charge in [0.1, 0.15) is 30.8 Å². The first-order valence-corrected chi connectivity index (χ1v) is 13.9. The number of amides is 2. The van der Waals surface area contributed by atoms with Crippen LogP contribution in [-0.2, 0) is 20.7 Å². The van der Waals surface area contributed by atoms with Gasteiger partial charge in [-0.05, 0) is 54.9 Å². The fourth-order valence-corrected chi connectivity index (χ4v) is 4.64. The average Bonchev–Trinajstić information content (AvgIpc) is 2.99. The fourth-order valence-electron chi connectivity index (χ4n) is 4.33. The van der Waals surface area contributed by atoms with Gasteiger partial charge in [-0.3, -0.25) is 19.7 Å². The molecule has 9 nitrogen and oxygen atoms in total. The van der Waals surface area contributed by atoms with E-state index in [1.807, 2.05) is 60.7 Å². The van der Waals surface area contributed by atoms with Crippen molar-refractivity contribution in [3.8, 4) is 11.5 Å². The summed E-state index contributed by atoms with van der Waals surface area (Å²) in [7, 11) is 0. The SMILES string of the molecule is O=C(CC1C(=O)NCCN1C(=S)NC(=O)c1ccccc1OCCOc1ccccc1)OCCCc1ccccc1. The Hall–Kier alpha value is -4.44. The van der Waals surface area contributed by atoms with Crippen LogP contribution < -0.4 is 20.1 Å². The number of rotatable bonds is 12. The van der Waals surface area contributed by atoms with Crippen LogP contribution in [0.2, 0.25) is 0 Å². The number of esters is 1. The number of thiocarbonyl (C=S) groups is 1. The molecule has 0 bridgehead atoms. The molecule has 0 radical (unpaired) electrons. The molecule has 2 N–H and O–H groups in total. The minimum absolute atomic E-state index is 0.0499. The molecular formula is C31H33N3O6S. The monoisotopic (exact) mass is 575 g/mol. The minimum atomic E-state index is -0.889. The summed E-state index contributed by atoms with van der Waals surface area (Å²) in [6.45, 7) is 1.44. The van der Waals surface area contributed by atoms with Crippen molar-refractivity contribution >= 4 is 35.1 Å². The predicted molar refractivity (Wildman–Crippen MR) is 158 cm³/mol. The molecule has 1 fully saturated rings. The maximum absolute atomic E-state index is 13.1. The standard InChI is InChI=1S/C31H33N3O6S/c35-28(40-19-9-12-23-10-3-1-4-11-23)22-26-30(37)32-17-18-34(26)31(41)33-29(36)25-15-7-8-16-27(25)39-21-20-38-24-13-5-2-6-14-24/h1-8,10-11,13-16,26H,9,12,17-22H2,(H,32,37)(H,33,36,41). The van der Waals surface area contributed by atoms with E-state index in [2.05, 4.69) is 10.6 Å². The normalized spacial score (nSPS) is 14.5. The first kappa shape index (κ1) is 29.5. The number of carbonyl (C=O) groups is 3. The molecule has 1 atom stereocenters. The fraction of sp³-hybridized carbons (Fsp3) is 0.290. The number of nitrogens with one attached hydrogen (secondary N) is 2. The summed E-state index contributed by atoms with van der Waals surface area (Å²) in [6.07, 6.45) is 1.27. The van der Waals surface area contributed by atoms with Gasteiger partial charge in [0.2, 0.25) is 5.91 Å². The Labute approximate surface area is 244 Å². The van der Waals surface area contributed by atoms with E-state index in [-0.39, 0.29) is 36.2 Å². The van der Waals surface area contributed by atoms with Gasteiger partial charge in [0.25, 0.3) is 5.91 Å². The number of para-hydroxylation sites is 2. The Kier molecular flexibility index (Phi) is 11.1. The molecule has 10 heteroatoms. The molecule has 2 amide bonds. The highest BCUT2D eigenvalue weighted by atomic mass is 32.1. The molecule has 1 saturated heterocycles. The zero-order chi connectivity index (χ0) is 28.9. The van der Waals surface area contributed by atoms with E-state index in [1.54, 1.807) is 29.2 Å². The van der Waals surface area contributed by atoms with Crippen molar-refractivity contribution in [1.82, 2.24) is 15.5 Å². The third kappa shape index (κ3) is 9.04. The van der Waals surface area contributed by atoms with Crippen molar-refractivity contribution in [3.63, 3.8) is 0 Å². The molecule has 1 aliphatic rings. The molecule has 214 valence electrons. The Morgan fingerprint density at radius 2 is 1.59 bits per heavy atom. The maximum Gasteiger partial charge on any atom is 0.308 e. The quantitative estimate of drug-likeness (QED) is 0.192. The highest BCUT2D eigenvalue weighted by Crippen LogP contribution is 2.19. The van der Waals surface area contributed by atoms with Gasteiger partial charge in [-0.25, -0.2) is 0 Å². The molecule has 3 aromatic rings. The van der Waals surface area contributed by atoms with E-state index in [4.69, 9.17) is 26.4 Å². The number of benzene rings is 3. The van der Waals surface area contributed by atoms with Crippen LogP contribution in [0.5, 0.6) is 11.5 Å². The minimum Gasteiger partial charge on any atom is -0.490 e. The van der Waals surface area contributed by atoms with Crippen LogP contribution in [-0.4, -0.2) is 66.7 Å². The van der Waals surface area contributed by atoms with E-state index in [1.165, 1.54) is 0 Å². The summed E-state index contributed by atoms with van der Waals surface area (Å²) >= 11 is 5.50. The van der Waals surface area contributed by atoms with Gasteiger partial charge < -0.3 is 24.4 Å². The summed E-state index contributed by atoms with van der Waals surface area (Å²) < 4.78 is 16.8. The highest BCUT2D eigenvalue weighted by Gasteiger charge is 2.34. The Bertz CT molecular complexity index is 1320. The van der Waals surface area contributed by atoms with Crippen molar-refractivity contribution in [1.29, 1.82) is 0 Å². The molecular weight excluding hydrogens is 542 g/mol. The zero-order valence-electron chi connectivity index (χ0n) is 22.6. The van der Waals surface area contributed by atoms with Gasteiger partial charge in [-0.2, -0.15) is 0 Å². The topological polar surface area (TPSA) is 106 Å². The third-order valence-electron chi connectivity index (χ3n) is 6.37. The molecule has 1 unspecified atom stereocenters. The van der Waals surface area contributed by atoms with Crippen molar-refractivity contribution < 1.29 is 28.6 Å². The van der Waals surface area contributed by atoms with Crippen LogP contribution in [0, 0.1) is 0 Å². The number of aryl methyl sites for hydroxylation is 1. The second kappa shape index (κ2) is 15.4. The zero-order valence-corrected chi connectivity index (χ0v) is 23.4. The molecule has 3 aromatic carbocycles. The molecule has 0 saturated carbocycles. The van der Waals surface area contributed by atoms with Gasteiger partial charge >= 0.3 is 5.97 Å². The Balaban J connectivity index is 1.28. The summed E-state index contributed by atoms with van der Waals surface area (Å²) in [5, 5.41) is 5.49. The average molecular weight is 576 g/mol. The molecule has 1 aliphatic heterocycles. The van der Waals surface area contributed by atoms with Gasteiger partial charge in [0.15, 0.2) is 5.11 Å². The number of nitrogens with zero attached hydrogens (tertiary/aromatic N) is 1. The van der Waals surface area contributed by atoms with Crippen LogP contribution in [0.3, 0.4) is 0 Å². The van der Waals surface area contributed by atoms with Gasteiger partial charge in [-0.1, -0.05) is 60.7 Å². The molecule has 41 heavy (non-hydrogen) atoms. The number of piperazine rings is 1. The van der Waals surface area contributed by atoms with Crippen LogP contribution in [0.4, 0.5) is 0 Å². The first-order chi connectivity index (χ1) is 20.0. The van der Waals surface area contributed by atoms with Crippen LogP contribution in [0.15, 0.2) is 84.9 Å². The first-order valence-electron chi connectivity index (χ1n) is 13.5. The third-order valence-corrected chi connectivity index (χ3v) is 6.71. The lowest BCUT2D eigenvalue weighted by Gasteiger charge is -2.36. The van der Waals surface area contributed by atoms with Crippen LogP contribution >= 0.6 is 12.2 Å². The second-order valence-electron chi connectivity index (χ2n) is 9.28. The van der Waals surface area contributed by atoms with Crippen LogP contribution in [0.25, 0.3) is 0 Å². The highest BCUT2D eigenvalue weighted by molar-refractivity contribution is 7.80. The summed E-state index contributed by atoms with van der Waals surface area (Å²) in [5.74, 6) is -0.241. The molecule has 0 aromatic heterocycles. The number of hydrogen-bond acceptors (Lipinski definition) is 7. The largest absolute Gasteiger partial charge is 0.490 e. The predicted octanol–water partition coefficient (Wildman–Crippen LogP) is 3.53. The number of hydrogen-bond donors (Lipinski definition) is 2. The van der Waals surface area contributed by atoms with Gasteiger partial charge in [-0.15, -0.1) is 0 Å². The van der Waals surface area contributed by atoms with Crippen LogP contribution in [0.1, 0.15) is 28.8 Å². The summed E-state index contributed by atoms with van der Waals surface area (Å²) in [5.41, 5.74) is 1.44. The smallest absolute Gasteiger partial charge is 0.308 e. The van der Waals surface area contributed by atoms with Crippen molar-refractivity contribution in [2.75, 3.05) is 32.9 Å². The lowest BCUT2D eigenvalue weighted by molar-refractivity contribution is -0.147. The lowest BCUT2D eigenvalue weighted by atomic mass is 10.1. The van der Waals surface area contributed by atoms with Gasteiger partial charge in [0.05, 0.1) is 18.6 Å². The van der Waals surface area contributed by atoms with E-state index in [9.17, 15) is 14.4 Å². The summed E-state index contributed by atoms with van der Waals surface area (Å²) in [6, 6.07) is 25.2. The molecule has 1 heterocycles. The van der Waals surface area contributed by atoms with E-state index in [0.29, 0.717) is 31.9 Å². The summed E-state index contributed by atoms with van der Waals surface area (Å²) in [4.78, 5) is 39.9. The van der Waals surface area contributed by atoms with Crippen molar-refractivity contribution in [2.45, 2.75) is 25.3 Å². The van der Waals surface area contributed by atoms with Gasteiger partial charge in [0, 0.05) is 13.1 Å².